The summed E-state index contributed by atoms with van der Waals surface area (Å²) in [5.74, 6) is -0.0485. The summed E-state index contributed by atoms with van der Waals surface area (Å²) in [6.45, 7) is 1.71. The van der Waals surface area contributed by atoms with Gasteiger partial charge in [-0.1, -0.05) is 36.4 Å². The number of hydrogen-bond donors (Lipinski definition) is 0. The molecule has 0 fully saturated rings. The van der Waals surface area contributed by atoms with E-state index >= 15 is 0 Å². The Morgan fingerprint density at radius 1 is 1.06 bits per heavy atom. The minimum atomic E-state index is -0.550. The maximum absolute atomic E-state index is 13.1. The highest BCUT2D eigenvalue weighted by Crippen LogP contribution is 2.27. The zero-order chi connectivity index (χ0) is 24.4. The Labute approximate surface area is 203 Å². The summed E-state index contributed by atoms with van der Waals surface area (Å²) >= 11 is 1.08. The van der Waals surface area contributed by atoms with Gasteiger partial charge in [-0.3, -0.25) is 14.2 Å². The first-order valence-electron chi connectivity index (χ1n) is 10.9. The van der Waals surface area contributed by atoms with Crippen LogP contribution in [0.1, 0.15) is 25.8 Å². The van der Waals surface area contributed by atoms with Crippen molar-refractivity contribution < 1.29 is 23.5 Å². The smallest absolute Gasteiger partial charge is 0.348 e. The van der Waals surface area contributed by atoms with Gasteiger partial charge >= 0.3 is 5.97 Å². The van der Waals surface area contributed by atoms with Gasteiger partial charge in [0.15, 0.2) is 5.76 Å². The lowest BCUT2D eigenvalue weighted by molar-refractivity contribution is 0.0455. The standard InChI is InChI=1S/C26H20N2O6S/c1-16-22-24(35-23(16)26(31)33-12-11-32-18-8-3-2-4-9-18)27-15-28(25(22)30)14-19(29)21-13-17-7-5-6-10-20(17)34-21/h2-10,13,15H,11-12,14H2,1H3. The van der Waals surface area contributed by atoms with E-state index in [-0.39, 0.29) is 31.3 Å². The molecule has 9 heteroatoms. The van der Waals surface area contributed by atoms with Crippen LogP contribution in [0.15, 0.2) is 76.2 Å². The number of aryl methyl sites for hydroxylation is 1. The van der Waals surface area contributed by atoms with Gasteiger partial charge in [-0.15, -0.1) is 11.3 Å². The predicted octanol–water partition coefficient (Wildman–Crippen LogP) is 4.63. The van der Waals surface area contributed by atoms with Gasteiger partial charge in [0.25, 0.3) is 5.56 Å². The number of ether oxygens (including phenoxy) is 2. The molecule has 0 aliphatic rings. The maximum Gasteiger partial charge on any atom is 0.348 e. The average molecular weight is 489 g/mol. The van der Waals surface area contributed by atoms with Gasteiger partial charge in [0, 0.05) is 5.39 Å². The molecule has 0 amide bonds. The summed E-state index contributed by atoms with van der Waals surface area (Å²) in [7, 11) is 0. The average Bonchev–Trinajstić information content (AvgIpc) is 3.46. The summed E-state index contributed by atoms with van der Waals surface area (Å²) in [4.78, 5) is 43.5. The minimum absolute atomic E-state index is 0.0606. The Morgan fingerprint density at radius 3 is 2.63 bits per heavy atom. The van der Waals surface area contributed by atoms with Crippen LogP contribution in [0.4, 0.5) is 0 Å². The number of fused-ring (bicyclic) bond motifs is 2. The largest absolute Gasteiger partial charge is 0.490 e. The SMILES string of the molecule is Cc1c(C(=O)OCCOc2ccccc2)sc2ncn(CC(=O)c3cc4ccccc4o3)c(=O)c12. The van der Waals surface area contributed by atoms with Crippen LogP contribution in [0.5, 0.6) is 5.75 Å². The van der Waals surface area contributed by atoms with E-state index in [1.807, 2.05) is 48.5 Å². The molecule has 0 radical (unpaired) electrons. The lowest BCUT2D eigenvalue weighted by atomic mass is 10.2. The van der Waals surface area contributed by atoms with Crippen LogP contribution in [0.3, 0.4) is 0 Å². The Morgan fingerprint density at radius 2 is 1.83 bits per heavy atom. The lowest BCUT2D eigenvalue weighted by Gasteiger charge is -2.06. The Balaban J connectivity index is 1.30. The second-order valence-electron chi connectivity index (χ2n) is 7.78. The van der Waals surface area contributed by atoms with Crippen molar-refractivity contribution in [2.45, 2.75) is 13.5 Å². The van der Waals surface area contributed by atoms with Crippen molar-refractivity contribution in [2.24, 2.45) is 0 Å². The molecule has 2 aromatic carbocycles. The third-order valence-electron chi connectivity index (χ3n) is 5.45. The molecule has 3 heterocycles. The van der Waals surface area contributed by atoms with Crippen molar-refractivity contribution >= 4 is 44.3 Å². The first kappa shape index (κ1) is 22.5. The van der Waals surface area contributed by atoms with Crippen LogP contribution >= 0.6 is 11.3 Å². The van der Waals surface area contributed by atoms with E-state index in [1.54, 1.807) is 19.1 Å². The van der Waals surface area contributed by atoms with Crippen molar-refractivity contribution in [3.8, 4) is 5.75 Å². The van der Waals surface area contributed by atoms with Gasteiger partial charge < -0.3 is 13.9 Å². The number of benzene rings is 2. The van der Waals surface area contributed by atoms with E-state index in [9.17, 15) is 14.4 Å². The highest BCUT2D eigenvalue weighted by Gasteiger charge is 2.22. The molecule has 35 heavy (non-hydrogen) atoms. The van der Waals surface area contributed by atoms with E-state index in [0.717, 1.165) is 16.7 Å². The van der Waals surface area contributed by atoms with E-state index in [1.165, 1.54) is 10.9 Å². The molecule has 5 rings (SSSR count). The quantitative estimate of drug-likeness (QED) is 0.178. The lowest BCUT2D eigenvalue weighted by Crippen LogP contribution is -2.24. The number of carbonyl (C=O) groups is 2. The zero-order valence-electron chi connectivity index (χ0n) is 18.7. The molecule has 5 aromatic rings. The van der Waals surface area contributed by atoms with Crippen molar-refractivity contribution in [1.82, 2.24) is 9.55 Å². The number of hydrogen-bond acceptors (Lipinski definition) is 8. The van der Waals surface area contributed by atoms with Crippen LogP contribution < -0.4 is 10.3 Å². The molecular formula is C26H20N2O6S. The zero-order valence-corrected chi connectivity index (χ0v) is 19.5. The highest BCUT2D eigenvalue weighted by molar-refractivity contribution is 7.20. The molecule has 0 saturated heterocycles. The van der Waals surface area contributed by atoms with Gasteiger partial charge in [-0.2, -0.15) is 0 Å². The summed E-state index contributed by atoms with van der Waals surface area (Å²) < 4.78 is 17.7. The molecule has 8 nitrogen and oxygen atoms in total. The van der Waals surface area contributed by atoms with Gasteiger partial charge in [0.05, 0.1) is 18.3 Å². The van der Waals surface area contributed by atoms with E-state index in [2.05, 4.69) is 4.98 Å². The van der Waals surface area contributed by atoms with E-state index < -0.39 is 11.5 Å². The monoisotopic (exact) mass is 488 g/mol. The number of furan rings is 1. The number of Topliss-reactive ketones (excluding diaryl/α,β-unsaturated/α-hetero) is 1. The molecule has 0 aliphatic heterocycles. The van der Waals surface area contributed by atoms with Gasteiger partial charge in [0.1, 0.15) is 34.3 Å². The van der Waals surface area contributed by atoms with E-state index in [4.69, 9.17) is 13.9 Å². The topological polar surface area (TPSA) is 101 Å². The Bertz CT molecular complexity index is 1570. The number of para-hydroxylation sites is 2. The molecule has 0 spiro atoms. The van der Waals surface area contributed by atoms with Gasteiger partial charge in [-0.25, -0.2) is 9.78 Å². The fourth-order valence-corrected chi connectivity index (χ4v) is 4.73. The Hall–Kier alpha value is -4.24. The van der Waals surface area contributed by atoms with Crippen molar-refractivity contribution in [3.63, 3.8) is 0 Å². The molecular weight excluding hydrogens is 468 g/mol. The maximum atomic E-state index is 13.1. The fraction of sp³-hybridized carbons (Fsp3) is 0.154. The van der Waals surface area contributed by atoms with Crippen molar-refractivity contribution in [3.05, 3.63) is 93.5 Å². The van der Waals surface area contributed by atoms with Crippen LogP contribution in [0, 0.1) is 6.92 Å². The third kappa shape index (κ3) is 4.58. The normalized spacial score (nSPS) is 11.1. The number of rotatable bonds is 8. The minimum Gasteiger partial charge on any atom is -0.490 e. The van der Waals surface area contributed by atoms with Crippen LogP contribution in [-0.2, 0) is 11.3 Å². The summed E-state index contributed by atoms with van der Waals surface area (Å²) in [5.41, 5.74) is 0.671. The van der Waals surface area contributed by atoms with Crippen LogP contribution in [0.25, 0.3) is 21.2 Å². The highest BCUT2D eigenvalue weighted by atomic mass is 32.1. The summed E-state index contributed by atoms with van der Waals surface area (Å²) in [6, 6.07) is 18.2. The molecule has 0 unspecified atom stereocenters. The van der Waals surface area contributed by atoms with Crippen molar-refractivity contribution in [2.75, 3.05) is 13.2 Å². The number of nitrogens with zero attached hydrogens (tertiary/aromatic N) is 2. The number of aromatic nitrogens is 2. The fourth-order valence-electron chi connectivity index (χ4n) is 3.69. The molecule has 0 saturated carbocycles. The number of carbonyl (C=O) groups excluding carboxylic acids is 2. The first-order valence-corrected chi connectivity index (χ1v) is 11.7. The molecule has 0 aliphatic carbocycles. The number of thiophene rings is 1. The second-order valence-corrected chi connectivity index (χ2v) is 8.78. The van der Waals surface area contributed by atoms with Gasteiger partial charge in [0.2, 0.25) is 5.78 Å². The number of esters is 1. The van der Waals surface area contributed by atoms with Crippen molar-refractivity contribution in [1.29, 1.82) is 0 Å². The molecule has 0 atom stereocenters. The van der Waals surface area contributed by atoms with Gasteiger partial charge in [-0.05, 0) is 36.8 Å². The summed E-state index contributed by atoms with van der Waals surface area (Å²) in [6.07, 6.45) is 1.31. The summed E-state index contributed by atoms with van der Waals surface area (Å²) in [5, 5.41) is 1.10. The first-order chi connectivity index (χ1) is 17.0. The predicted molar refractivity (Wildman–Crippen MR) is 131 cm³/mol. The van der Waals surface area contributed by atoms with Crippen LogP contribution in [-0.4, -0.2) is 34.5 Å². The molecule has 3 aromatic heterocycles. The van der Waals surface area contributed by atoms with E-state index in [0.29, 0.717) is 32.0 Å². The Kier molecular flexibility index (Phi) is 6.15. The van der Waals surface area contributed by atoms with Crippen LogP contribution in [0.2, 0.25) is 0 Å². The third-order valence-corrected chi connectivity index (χ3v) is 6.63. The molecule has 0 N–H and O–H groups in total. The molecule has 176 valence electrons. The second kappa shape index (κ2) is 9.55. The number of ketones is 1. The molecule has 0 bridgehead atoms.